The summed E-state index contributed by atoms with van der Waals surface area (Å²) in [5, 5.41) is 1.24. The molecule has 0 fully saturated rings. The Morgan fingerprint density at radius 2 is 1.94 bits per heavy atom. The molecule has 80 valence electrons. The normalized spacial score (nSPS) is 19.0. The topological polar surface area (TPSA) is 61.8 Å². The monoisotopic (exact) mass is 215 g/mol. The molecule has 16 heavy (non-hydrogen) atoms. The summed E-state index contributed by atoms with van der Waals surface area (Å²) < 4.78 is 0. The Labute approximate surface area is 91.7 Å². The Hall–Kier alpha value is -2.01. The molecule has 5 nitrogen and oxygen atoms in total. The lowest BCUT2D eigenvalue weighted by atomic mass is 9.98. The second-order valence-electron chi connectivity index (χ2n) is 3.63. The highest BCUT2D eigenvalue weighted by Crippen LogP contribution is 2.20. The van der Waals surface area contributed by atoms with Gasteiger partial charge in [-0.15, -0.1) is 0 Å². The zero-order valence-corrected chi connectivity index (χ0v) is 8.43. The number of amides is 1. The molecular formula is C11H9N3O2. The lowest BCUT2D eigenvalue weighted by Gasteiger charge is -2.31. The molecule has 5 heteroatoms. The van der Waals surface area contributed by atoms with Gasteiger partial charge in [0.15, 0.2) is 5.84 Å². The van der Waals surface area contributed by atoms with Crippen molar-refractivity contribution in [3.05, 3.63) is 35.4 Å². The number of benzene rings is 1. The predicted octanol–water partition coefficient (Wildman–Crippen LogP) is 0.242. The SMILES string of the molecule is O=C1C2=NCCNN2C(=O)c2ccccc21. The fraction of sp³-hybridized carbons (Fsp3) is 0.182. The van der Waals surface area contributed by atoms with Gasteiger partial charge in [0.05, 0.1) is 12.1 Å². The Morgan fingerprint density at radius 3 is 2.75 bits per heavy atom. The maximum absolute atomic E-state index is 12.0. The van der Waals surface area contributed by atoms with Gasteiger partial charge in [-0.05, 0) is 6.07 Å². The molecule has 0 saturated heterocycles. The molecule has 0 atom stereocenters. The molecule has 0 spiro atoms. The third-order valence-electron chi connectivity index (χ3n) is 2.66. The number of aliphatic imine (C=N–C) groups is 1. The molecule has 1 aromatic carbocycles. The molecule has 1 N–H and O–H groups in total. The van der Waals surface area contributed by atoms with Crippen LogP contribution in [0.15, 0.2) is 29.3 Å². The summed E-state index contributed by atoms with van der Waals surface area (Å²) >= 11 is 0. The van der Waals surface area contributed by atoms with Crippen LogP contribution in [0.1, 0.15) is 20.7 Å². The fourth-order valence-electron chi connectivity index (χ4n) is 1.92. The van der Waals surface area contributed by atoms with Crippen molar-refractivity contribution in [3.63, 3.8) is 0 Å². The van der Waals surface area contributed by atoms with E-state index >= 15 is 0 Å². The Kier molecular flexibility index (Phi) is 1.87. The van der Waals surface area contributed by atoms with E-state index in [1.165, 1.54) is 5.01 Å². The minimum atomic E-state index is -0.214. The van der Waals surface area contributed by atoms with E-state index in [1.54, 1.807) is 24.3 Å². The van der Waals surface area contributed by atoms with Crippen LogP contribution in [0.25, 0.3) is 0 Å². The molecule has 2 aliphatic heterocycles. The smallest absolute Gasteiger partial charge is 0.274 e. The lowest BCUT2D eigenvalue weighted by molar-refractivity contribution is 0.0747. The van der Waals surface area contributed by atoms with E-state index in [4.69, 9.17) is 0 Å². The first-order valence-electron chi connectivity index (χ1n) is 5.05. The number of nitrogens with zero attached hydrogens (tertiary/aromatic N) is 2. The number of carbonyl (C=O) groups is 2. The molecule has 0 unspecified atom stereocenters. The number of amidine groups is 1. The number of ketones is 1. The van der Waals surface area contributed by atoms with Crippen LogP contribution < -0.4 is 5.43 Å². The standard InChI is InChI=1S/C11H9N3O2/c15-9-7-3-1-2-4-8(7)11(16)14-10(9)12-5-6-13-14/h1-4,13H,5-6H2. The molecule has 1 aromatic rings. The highest BCUT2D eigenvalue weighted by atomic mass is 16.2. The molecule has 0 saturated carbocycles. The van der Waals surface area contributed by atoms with Crippen molar-refractivity contribution in [1.82, 2.24) is 10.4 Å². The van der Waals surface area contributed by atoms with Crippen molar-refractivity contribution in [2.24, 2.45) is 4.99 Å². The summed E-state index contributed by atoms with van der Waals surface area (Å²) in [5.41, 5.74) is 3.74. The van der Waals surface area contributed by atoms with Crippen molar-refractivity contribution in [2.75, 3.05) is 13.1 Å². The zero-order valence-electron chi connectivity index (χ0n) is 8.43. The minimum absolute atomic E-state index is 0.192. The summed E-state index contributed by atoms with van der Waals surface area (Å²) in [6.07, 6.45) is 0. The highest BCUT2D eigenvalue weighted by molar-refractivity contribution is 6.51. The second kappa shape index (κ2) is 3.24. The first-order valence-corrected chi connectivity index (χ1v) is 5.05. The summed E-state index contributed by atoms with van der Waals surface area (Å²) in [6.45, 7) is 1.09. The Balaban J connectivity index is 2.22. The summed E-state index contributed by atoms with van der Waals surface area (Å²) in [6, 6.07) is 6.80. The van der Waals surface area contributed by atoms with E-state index in [9.17, 15) is 9.59 Å². The van der Waals surface area contributed by atoms with Crippen LogP contribution in [0.4, 0.5) is 0 Å². The van der Waals surface area contributed by atoms with E-state index in [0.29, 0.717) is 24.2 Å². The Morgan fingerprint density at radius 1 is 1.19 bits per heavy atom. The van der Waals surface area contributed by atoms with Crippen LogP contribution in [-0.4, -0.2) is 35.6 Å². The van der Waals surface area contributed by atoms with E-state index in [1.807, 2.05) is 0 Å². The predicted molar refractivity (Wildman–Crippen MR) is 57.2 cm³/mol. The number of Topliss-reactive ketones (excluding diaryl/α,β-unsaturated/α-hetero) is 1. The Bertz CT molecular complexity index is 522. The zero-order chi connectivity index (χ0) is 11.1. The van der Waals surface area contributed by atoms with Crippen molar-refractivity contribution in [3.8, 4) is 0 Å². The van der Waals surface area contributed by atoms with Gasteiger partial charge < -0.3 is 0 Å². The number of rotatable bonds is 0. The van der Waals surface area contributed by atoms with Gasteiger partial charge in [-0.2, -0.15) is 0 Å². The quantitative estimate of drug-likeness (QED) is 0.674. The maximum atomic E-state index is 12.0. The van der Waals surface area contributed by atoms with Gasteiger partial charge in [-0.3, -0.25) is 14.6 Å². The van der Waals surface area contributed by atoms with Gasteiger partial charge >= 0.3 is 0 Å². The molecule has 0 bridgehead atoms. The number of carbonyl (C=O) groups excluding carboxylic acids is 2. The summed E-state index contributed by atoms with van der Waals surface area (Å²) in [4.78, 5) is 28.2. The third kappa shape index (κ3) is 1.12. The first-order chi connectivity index (χ1) is 7.79. The van der Waals surface area contributed by atoms with Gasteiger partial charge in [0.1, 0.15) is 0 Å². The van der Waals surface area contributed by atoms with Crippen LogP contribution in [-0.2, 0) is 0 Å². The molecule has 1 amide bonds. The number of hydrogen-bond donors (Lipinski definition) is 1. The number of hydrogen-bond acceptors (Lipinski definition) is 4. The molecular weight excluding hydrogens is 206 g/mol. The largest absolute Gasteiger partial charge is 0.285 e. The van der Waals surface area contributed by atoms with Crippen LogP contribution in [0, 0.1) is 0 Å². The minimum Gasteiger partial charge on any atom is -0.285 e. The van der Waals surface area contributed by atoms with E-state index in [0.717, 1.165) is 0 Å². The van der Waals surface area contributed by atoms with Crippen LogP contribution in [0.5, 0.6) is 0 Å². The molecule has 3 rings (SSSR count). The van der Waals surface area contributed by atoms with Gasteiger partial charge in [-0.1, -0.05) is 18.2 Å². The molecule has 2 heterocycles. The molecule has 0 radical (unpaired) electrons. The van der Waals surface area contributed by atoms with Crippen molar-refractivity contribution in [1.29, 1.82) is 0 Å². The van der Waals surface area contributed by atoms with Crippen LogP contribution in [0.3, 0.4) is 0 Å². The lowest BCUT2D eigenvalue weighted by Crippen LogP contribution is -2.56. The average molecular weight is 215 g/mol. The van der Waals surface area contributed by atoms with Crippen molar-refractivity contribution < 1.29 is 9.59 Å². The van der Waals surface area contributed by atoms with Gasteiger partial charge in [-0.25, -0.2) is 10.4 Å². The van der Waals surface area contributed by atoms with Gasteiger partial charge in [0.25, 0.3) is 5.91 Å². The number of nitrogens with one attached hydrogen (secondary N) is 1. The van der Waals surface area contributed by atoms with E-state index < -0.39 is 0 Å². The number of fused-ring (bicyclic) bond motifs is 2. The number of hydrazine groups is 1. The van der Waals surface area contributed by atoms with Crippen molar-refractivity contribution >= 4 is 17.5 Å². The second-order valence-corrected chi connectivity index (χ2v) is 3.63. The molecule has 2 aliphatic rings. The maximum Gasteiger partial charge on any atom is 0.274 e. The summed E-state index contributed by atoms with van der Waals surface area (Å²) in [5.74, 6) is -0.203. The van der Waals surface area contributed by atoms with Crippen LogP contribution >= 0.6 is 0 Å². The molecule has 0 aromatic heterocycles. The summed E-state index contributed by atoms with van der Waals surface area (Å²) in [7, 11) is 0. The third-order valence-corrected chi connectivity index (χ3v) is 2.66. The van der Waals surface area contributed by atoms with Crippen molar-refractivity contribution in [2.45, 2.75) is 0 Å². The fourth-order valence-corrected chi connectivity index (χ4v) is 1.92. The average Bonchev–Trinajstić information content (AvgIpc) is 2.36. The first kappa shape index (κ1) is 9.23. The molecule has 0 aliphatic carbocycles. The van der Waals surface area contributed by atoms with Gasteiger partial charge in [0, 0.05) is 12.1 Å². The van der Waals surface area contributed by atoms with Crippen LogP contribution in [0.2, 0.25) is 0 Å². The van der Waals surface area contributed by atoms with E-state index in [2.05, 4.69) is 10.4 Å². The van der Waals surface area contributed by atoms with Gasteiger partial charge in [0.2, 0.25) is 5.78 Å². The van der Waals surface area contributed by atoms with E-state index in [-0.39, 0.29) is 17.5 Å². The highest BCUT2D eigenvalue weighted by Gasteiger charge is 2.36.